The number of methoxy groups -OCH3 is 1. The largest absolute Gasteiger partial charge is 0.497 e. The standard InChI is InChI=1S/C21H21N3O3S/c1-14-19(20(26)24(22(14)2)16-9-5-4-6-10-16)23-18(25)13-28-21(23)15-8-7-11-17(12-15)27-3/h4-12,21H,13H2,1-3H3/t21-/m1/s1. The first kappa shape index (κ1) is 18.4. The van der Waals surface area contributed by atoms with Crippen molar-refractivity contribution in [1.82, 2.24) is 9.36 Å². The van der Waals surface area contributed by atoms with Gasteiger partial charge in [0, 0.05) is 7.05 Å². The Balaban J connectivity index is 1.85. The Morgan fingerprint density at radius 2 is 1.82 bits per heavy atom. The van der Waals surface area contributed by atoms with E-state index >= 15 is 0 Å². The Morgan fingerprint density at radius 3 is 2.54 bits per heavy atom. The minimum Gasteiger partial charge on any atom is -0.497 e. The molecule has 2 aromatic carbocycles. The number of nitrogens with zero attached hydrogens (tertiary/aromatic N) is 3. The first-order chi connectivity index (χ1) is 13.5. The van der Waals surface area contributed by atoms with Crippen molar-refractivity contribution in [3.63, 3.8) is 0 Å². The van der Waals surface area contributed by atoms with Gasteiger partial charge >= 0.3 is 0 Å². The van der Waals surface area contributed by atoms with E-state index in [1.54, 1.807) is 21.4 Å². The number of anilines is 1. The van der Waals surface area contributed by atoms with Crippen LogP contribution < -0.4 is 15.2 Å². The lowest BCUT2D eigenvalue weighted by molar-refractivity contribution is -0.115. The number of ether oxygens (including phenoxy) is 1. The maximum Gasteiger partial charge on any atom is 0.295 e. The molecule has 0 aliphatic carbocycles. The molecule has 1 atom stereocenters. The molecule has 1 aliphatic rings. The normalized spacial score (nSPS) is 16.6. The van der Waals surface area contributed by atoms with Crippen LogP contribution in [0.1, 0.15) is 16.6 Å². The summed E-state index contributed by atoms with van der Waals surface area (Å²) in [6.45, 7) is 1.87. The number of amides is 1. The smallest absolute Gasteiger partial charge is 0.295 e. The van der Waals surface area contributed by atoms with E-state index in [0.717, 1.165) is 22.7 Å². The van der Waals surface area contributed by atoms with Crippen LogP contribution >= 0.6 is 11.8 Å². The van der Waals surface area contributed by atoms with Crippen molar-refractivity contribution in [3.8, 4) is 11.4 Å². The average molecular weight is 395 g/mol. The molecule has 1 aromatic heterocycles. The molecule has 0 saturated carbocycles. The van der Waals surface area contributed by atoms with Crippen LogP contribution in [0, 0.1) is 6.92 Å². The van der Waals surface area contributed by atoms with Crippen LogP contribution in [-0.2, 0) is 11.8 Å². The number of hydrogen-bond acceptors (Lipinski definition) is 4. The molecule has 6 nitrogen and oxygen atoms in total. The van der Waals surface area contributed by atoms with E-state index < -0.39 is 0 Å². The minimum atomic E-state index is -0.263. The van der Waals surface area contributed by atoms with Crippen LogP contribution in [0.4, 0.5) is 5.69 Å². The van der Waals surface area contributed by atoms with E-state index in [1.165, 1.54) is 11.8 Å². The van der Waals surface area contributed by atoms with E-state index in [2.05, 4.69) is 0 Å². The molecule has 0 N–H and O–H groups in total. The molecule has 0 spiro atoms. The maximum atomic E-state index is 13.4. The molecule has 4 rings (SSSR count). The van der Waals surface area contributed by atoms with Crippen molar-refractivity contribution in [2.75, 3.05) is 17.8 Å². The van der Waals surface area contributed by atoms with Crippen LogP contribution in [-0.4, -0.2) is 28.1 Å². The zero-order chi connectivity index (χ0) is 19.8. The van der Waals surface area contributed by atoms with Crippen LogP contribution in [0.3, 0.4) is 0 Å². The lowest BCUT2D eigenvalue weighted by atomic mass is 10.2. The lowest BCUT2D eigenvalue weighted by Crippen LogP contribution is -2.33. The van der Waals surface area contributed by atoms with Crippen molar-refractivity contribution in [3.05, 3.63) is 76.2 Å². The fourth-order valence-corrected chi connectivity index (χ4v) is 4.69. The van der Waals surface area contributed by atoms with E-state index in [9.17, 15) is 9.59 Å². The molecule has 1 saturated heterocycles. The summed E-state index contributed by atoms with van der Waals surface area (Å²) in [7, 11) is 3.45. The Labute approximate surface area is 167 Å². The quantitative estimate of drug-likeness (QED) is 0.680. The summed E-state index contributed by atoms with van der Waals surface area (Å²) >= 11 is 1.52. The predicted octanol–water partition coefficient (Wildman–Crippen LogP) is 3.27. The van der Waals surface area contributed by atoms with Gasteiger partial charge in [0.15, 0.2) is 0 Å². The highest BCUT2D eigenvalue weighted by atomic mass is 32.2. The summed E-state index contributed by atoms with van der Waals surface area (Å²) in [4.78, 5) is 27.8. The Kier molecular flexibility index (Phi) is 4.77. The molecule has 0 bridgehead atoms. The third kappa shape index (κ3) is 2.92. The van der Waals surface area contributed by atoms with Crippen molar-refractivity contribution < 1.29 is 9.53 Å². The maximum absolute atomic E-state index is 13.4. The summed E-state index contributed by atoms with van der Waals surface area (Å²) in [5.74, 6) is 0.994. The fraction of sp³-hybridized carbons (Fsp3) is 0.238. The van der Waals surface area contributed by atoms with Gasteiger partial charge in [-0.05, 0) is 36.8 Å². The number of rotatable bonds is 4. The number of thioether (sulfide) groups is 1. The number of carbonyl (C=O) groups is 1. The molecular formula is C21H21N3O3S. The molecule has 0 radical (unpaired) electrons. The number of hydrogen-bond donors (Lipinski definition) is 0. The summed E-state index contributed by atoms with van der Waals surface area (Å²) < 4.78 is 8.73. The Morgan fingerprint density at radius 1 is 1.07 bits per heavy atom. The number of para-hydroxylation sites is 1. The SMILES string of the molecule is COc1cccc([C@H]2SCC(=O)N2c2c(C)n(C)n(-c3ccccc3)c2=O)c1. The number of aromatic nitrogens is 2. The summed E-state index contributed by atoms with van der Waals surface area (Å²) in [6.07, 6.45) is 0. The van der Waals surface area contributed by atoms with E-state index in [-0.39, 0.29) is 16.8 Å². The van der Waals surface area contributed by atoms with Crippen molar-refractivity contribution in [2.45, 2.75) is 12.3 Å². The number of carbonyl (C=O) groups excluding carboxylic acids is 1. The first-order valence-corrected chi connectivity index (χ1v) is 9.99. The van der Waals surface area contributed by atoms with Gasteiger partial charge in [-0.3, -0.25) is 19.2 Å². The van der Waals surface area contributed by atoms with E-state index in [4.69, 9.17) is 4.74 Å². The molecule has 1 fully saturated rings. The highest BCUT2D eigenvalue weighted by Gasteiger charge is 2.38. The highest BCUT2D eigenvalue weighted by molar-refractivity contribution is 8.00. The topological polar surface area (TPSA) is 56.5 Å². The minimum absolute atomic E-state index is 0.0659. The third-order valence-electron chi connectivity index (χ3n) is 5.01. The molecular weight excluding hydrogens is 374 g/mol. The van der Waals surface area contributed by atoms with E-state index in [1.807, 2.05) is 68.6 Å². The van der Waals surface area contributed by atoms with Gasteiger partial charge < -0.3 is 4.74 Å². The Bertz CT molecular complexity index is 1090. The molecule has 2 heterocycles. The fourth-order valence-electron chi connectivity index (χ4n) is 3.54. The second kappa shape index (κ2) is 7.24. The second-order valence-corrected chi connectivity index (χ2v) is 7.68. The number of benzene rings is 2. The van der Waals surface area contributed by atoms with Crippen LogP contribution in [0.15, 0.2) is 59.4 Å². The van der Waals surface area contributed by atoms with Gasteiger partial charge in [-0.15, -0.1) is 11.8 Å². The monoisotopic (exact) mass is 395 g/mol. The highest BCUT2D eigenvalue weighted by Crippen LogP contribution is 2.42. The summed E-state index contributed by atoms with van der Waals surface area (Å²) in [5, 5.41) is -0.263. The van der Waals surface area contributed by atoms with Gasteiger partial charge in [0.1, 0.15) is 16.8 Å². The molecule has 1 aliphatic heterocycles. The molecule has 1 amide bonds. The van der Waals surface area contributed by atoms with Gasteiger partial charge in [0.25, 0.3) is 5.56 Å². The molecule has 7 heteroatoms. The predicted molar refractivity (Wildman–Crippen MR) is 111 cm³/mol. The molecule has 0 unspecified atom stereocenters. The van der Waals surface area contributed by atoms with Gasteiger partial charge in [0.2, 0.25) is 5.91 Å². The van der Waals surface area contributed by atoms with Crippen molar-refractivity contribution >= 4 is 23.4 Å². The summed E-state index contributed by atoms with van der Waals surface area (Å²) in [6, 6.07) is 17.1. The summed E-state index contributed by atoms with van der Waals surface area (Å²) in [5.41, 5.74) is 2.67. The van der Waals surface area contributed by atoms with Gasteiger partial charge in [-0.25, -0.2) is 4.68 Å². The van der Waals surface area contributed by atoms with Crippen LogP contribution in [0.2, 0.25) is 0 Å². The zero-order valence-corrected chi connectivity index (χ0v) is 16.8. The van der Waals surface area contributed by atoms with Crippen molar-refractivity contribution in [1.29, 1.82) is 0 Å². The van der Waals surface area contributed by atoms with Crippen LogP contribution in [0.25, 0.3) is 5.69 Å². The van der Waals surface area contributed by atoms with Gasteiger partial charge in [-0.1, -0.05) is 30.3 Å². The molecule has 28 heavy (non-hydrogen) atoms. The Hall–Kier alpha value is -2.93. The first-order valence-electron chi connectivity index (χ1n) is 8.94. The average Bonchev–Trinajstić information content (AvgIpc) is 3.19. The van der Waals surface area contributed by atoms with Crippen molar-refractivity contribution in [2.24, 2.45) is 7.05 Å². The van der Waals surface area contributed by atoms with Gasteiger partial charge in [-0.2, -0.15) is 0 Å². The molecule has 3 aromatic rings. The zero-order valence-electron chi connectivity index (χ0n) is 16.0. The second-order valence-electron chi connectivity index (χ2n) is 6.61. The van der Waals surface area contributed by atoms with E-state index in [0.29, 0.717) is 11.4 Å². The lowest BCUT2D eigenvalue weighted by Gasteiger charge is -2.23. The third-order valence-corrected chi connectivity index (χ3v) is 6.22. The van der Waals surface area contributed by atoms with Crippen LogP contribution in [0.5, 0.6) is 5.75 Å². The van der Waals surface area contributed by atoms with Gasteiger partial charge in [0.05, 0.1) is 24.2 Å². The molecule has 144 valence electrons.